The maximum atomic E-state index is 14.5. The van der Waals surface area contributed by atoms with E-state index < -0.39 is 11.6 Å². The highest BCUT2D eigenvalue weighted by Crippen LogP contribution is 2.50. The Hall–Kier alpha value is -2.90. The van der Waals surface area contributed by atoms with Crippen LogP contribution in [0.1, 0.15) is 113 Å². The fourth-order valence-electron chi connectivity index (χ4n) is 6.51. The summed E-state index contributed by atoms with van der Waals surface area (Å²) >= 11 is 12.7. The summed E-state index contributed by atoms with van der Waals surface area (Å²) in [5.41, 5.74) is 1.95. The summed E-state index contributed by atoms with van der Waals surface area (Å²) in [4.78, 5) is 45.2. The Morgan fingerprint density at radius 1 is 1.09 bits per heavy atom. The summed E-state index contributed by atoms with van der Waals surface area (Å²) in [6.07, 6.45) is 7.12. The summed E-state index contributed by atoms with van der Waals surface area (Å²) in [5.74, 6) is -0.865. The van der Waals surface area contributed by atoms with Crippen LogP contribution >= 0.6 is 23.2 Å². The Kier molecular flexibility index (Phi) is 10.6. The Morgan fingerprint density at radius 3 is 2.28 bits per heavy atom. The lowest BCUT2D eigenvalue weighted by Crippen LogP contribution is -2.51. The number of nitrogens with zero attached hydrogens (tertiary/aromatic N) is 2. The third-order valence-corrected chi connectivity index (χ3v) is 9.89. The summed E-state index contributed by atoms with van der Waals surface area (Å²) in [7, 11) is 0. The van der Waals surface area contributed by atoms with Crippen LogP contribution in [-0.2, 0) is 9.59 Å². The molecule has 232 valence electrons. The minimum absolute atomic E-state index is 0.0588. The zero-order valence-electron chi connectivity index (χ0n) is 25.6. The molecule has 43 heavy (non-hydrogen) atoms. The highest BCUT2D eigenvalue weighted by Gasteiger charge is 2.52. The number of carboxylic acids is 1. The smallest absolute Gasteiger partial charge is 0.305 e. The fraction of sp³-hybridized carbons (Fsp3) is 0.529. The molecule has 1 aliphatic carbocycles. The highest BCUT2D eigenvalue weighted by molar-refractivity contribution is 6.47. The summed E-state index contributed by atoms with van der Waals surface area (Å²) < 4.78 is 0. The molecule has 1 heterocycles. The molecule has 2 aromatic rings. The molecular formula is C34H43Cl2N3O4. The van der Waals surface area contributed by atoms with Crippen LogP contribution < -0.4 is 5.32 Å². The van der Waals surface area contributed by atoms with E-state index in [-0.39, 0.29) is 36.2 Å². The molecule has 0 unspecified atom stereocenters. The van der Waals surface area contributed by atoms with Gasteiger partial charge in [-0.3, -0.25) is 19.4 Å². The number of carbonyl (C=O) groups excluding carboxylic acids is 2. The molecule has 0 radical (unpaired) electrons. The van der Waals surface area contributed by atoms with Crippen molar-refractivity contribution in [2.45, 2.75) is 97.2 Å². The maximum Gasteiger partial charge on any atom is 0.305 e. The summed E-state index contributed by atoms with van der Waals surface area (Å²) in [6.45, 7) is 9.10. The van der Waals surface area contributed by atoms with Crippen molar-refractivity contribution in [2.75, 3.05) is 6.54 Å². The lowest BCUT2D eigenvalue weighted by Gasteiger charge is -2.48. The van der Waals surface area contributed by atoms with Crippen molar-refractivity contribution in [3.05, 3.63) is 69.2 Å². The van der Waals surface area contributed by atoms with Gasteiger partial charge >= 0.3 is 5.97 Å². The van der Waals surface area contributed by atoms with E-state index in [1.165, 1.54) is 0 Å². The number of hydrogen-bond donors (Lipinski definition) is 2. The number of carboxylic acid groups (broad SMARTS) is 1. The monoisotopic (exact) mass is 627 g/mol. The third-order valence-electron chi connectivity index (χ3n) is 9.45. The molecule has 2 aromatic carbocycles. The first kappa shape index (κ1) is 33.0. The number of rotatable bonds is 12. The molecule has 2 aliphatic rings. The van der Waals surface area contributed by atoms with Gasteiger partial charge in [0.05, 0.1) is 12.5 Å². The van der Waals surface area contributed by atoms with Crippen molar-refractivity contribution < 1.29 is 19.5 Å². The van der Waals surface area contributed by atoms with Gasteiger partial charge in [-0.15, -0.1) is 0 Å². The molecule has 9 heteroatoms. The van der Waals surface area contributed by atoms with Crippen LogP contribution in [0, 0.1) is 11.3 Å². The normalized spacial score (nSPS) is 21.2. The molecule has 0 aromatic heterocycles. The van der Waals surface area contributed by atoms with Crippen LogP contribution in [0.15, 0.2) is 47.5 Å². The van der Waals surface area contributed by atoms with E-state index in [1.807, 2.05) is 17.0 Å². The lowest BCUT2D eigenvalue weighted by molar-refractivity contribution is -0.137. The predicted octanol–water partition coefficient (Wildman–Crippen LogP) is 8.08. The van der Waals surface area contributed by atoms with Crippen LogP contribution in [0.4, 0.5) is 0 Å². The van der Waals surface area contributed by atoms with Gasteiger partial charge in [0.1, 0.15) is 11.4 Å². The number of carbonyl (C=O) groups is 3. The Morgan fingerprint density at radius 2 is 1.72 bits per heavy atom. The molecule has 7 nitrogen and oxygen atoms in total. The number of aliphatic imine (C=N–C) groups is 1. The number of hydrogen-bond acceptors (Lipinski definition) is 4. The van der Waals surface area contributed by atoms with Gasteiger partial charge < -0.3 is 15.3 Å². The van der Waals surface area contributed by atoms with Gasteiger partial charge in [0, 0.05) is 27.7 Å². The fourth-order valence-corrected chi connectivity index (χ4v) is 7.04. The van der Waals surface area contributed by atoms with Gasteiger partial charge in [0.2, 0.25) is 0 Å². The summed E-state index contributed by atoms with van der Waals surface area (Å²) in [6, 6.07) is 12.2. The second-order valence-electron chi connectivity index (χ2n) is 12.6. The van der Waals surface area contributed by atoms with Crippen molar-refractivity contribution in [1.82, 2.24) is 10.2 Å². The predicted molar refractivity (Wildman–Crippen MR) is 172 cm³/mol. The van der Waals surface area contributed by atoms with Crippen molar-refractivity contribution in [3.8, 4) is 0 Å². The number of aliphatic carboxylic acids is 1. The van der Waals surface area contributed by atoms with E-state index >= 15 is 0 Å². The van der Waals surface area contributed by atoms with E-state index in [1.54, 1.807) is 30.3 Å². The number of amides is 2. The Labute approximate surface area is 265 Å². The third kappa shape index (κ3) is 7.43. The van der Waals surface area contributed by atoms with Crippen LogP contribution in [0.5, 0.6) is 0 Å². The van der Waals surface area contributed by atoms with Crippen molar-refractivity contribution >= 4 is 46.7 Å². The highest BCUT2D eigenvalue weighted by atomic mass is 35.5. The maximum absolute atomic E-state index is 14.5. The zero-order valence-corrected chi connectivity index (χ0v) is 27.1. The van der Waals surface area contributed by atoms with E-state index in [2.05, 4.69) is 33.0 Å². The van der Waals surface area contributed by atoms with E-state index in [0.717, 1.165) is 56.9 Å². The molecule has 1 aliphatic heterocycles. The molecule has 0 bridgehead atoms. The van der Waals surface area contributed by atoms with Crippen LogP contribution in [0.25, 0.3) is 0 Å². The number of halogens is 2. The SMILES string of the molecule is CCCC[C@H](c1ccc(C(=O)NCCC(=O)O)cc1)N1C(=O)C(c2cc(Cl)cc(Cl)c2)=NC12CCC(C(C)(C)CC)CC2. The van der Waals surface area contributed by atoms with E-state index in [4.69, 9.17) is 33.3 Å². The van der Waals surface area contributed by atoms with Crippen molar-refractivity contribution in [2.24, 2.45) is 16.3 Å². The first-order valence-electron chi connectivity index (χ1n) is 15.4. The van der Waals surface area contributed by atoms with E-state index in [0.29, 0.717) is 32.8 Å². The van der Waals surface area contributed by atoms with Crippen molar-refractivity contribution in [1.29, 1.82) is 0 Å². The Balaban J connectivity index is 1.71. The molecule has 1 atom stereocenters. The average Bonchev–Trinajstić information content (AvgIpc) is 3.24. The molecule has 2 N–H and O–H groups in total. The first-order valence-corrected chi connectivity index (χ1v) is 16.2. The topological polar surface area (TPSA) is 99.1 Å². The molecule has 1 saturated carbocycles. The van der Waals surface area contributed by atoms with Gasteiger partial charge in [-0.2, -0.15) is 0 Å². The largest absolute Gasteiger partial charge is 0.481 e. The Bertz CT molecular complexity index is 1340. The number of benzene rings is 2. The van der Waals surface area contributed by atoms with Crippen LogP contribution in [0.2, 0.25) is 10.0 Å². The van der Waals surface area contributed by atoms with Crippen LogP contribution in [0.3, 0.4) is 0 Å². The van der Waals surface area contributed by atoms with Crippen molar-refractivity contribution in [3.63, 3.8) is 0 Å². The first-order chi connectivity index (χ1) is 20.4. The minimum atomic E-state index is -0.965. The number of nitrogens with one attached hydrogen (secondary N) is 1. The van der Waals surface area contributed by atoms with Gasteiger partial charge in [0.25, 0.3) is 11.8 Å². The average molecular weight is 629 g/mol. The quantitative estimate of drug-likeness (QED) is 0.248. The molecular weight excluding hydrogens is 585 g/mol. The van der Waals surface area contributed by atoms with Crippen LogP contribution in [-0.4, -0.2) is 45.7 Å². The molecule has 2 amide bonds. The molecule has 1 fully saturated rings. The second-order valence-corrected chi connectivity index (χ2v) is 13.4. The van der Waals surface area contributed by atoms with Gasteiger partial charge in [-0.05, 0) is 79.3 Å². The second kappa shape index (κ2) is 13.8. The minimum Gasteiger partial charge on any atom is -0.481 e. The molecule has 1 spiro atoms. The summed E-state index contributed by atoms with van der Waals surface area (Å²) in [5, 5.41) is 12.4. The van der Waals surface area contributed by atoms with E-state index in [9.17, 15) is 14.4 Å². The van der Waals surface area contributed by atoms with Gasteiger partial charge in [-0.25, -0.2) is 0 Å². The molecule has 0 saturated heterocycles. The zero-order chi connectivity index (χ0) is 31.4. The van der Waals surface area contributed by atoms with Gasteiger partial charge in [-0.1, -0.05) is 82.3 Å². The number of unbranched alkanes of at least 4 members (excludes halogenated alkanes) is 1. The lowest BCUT2D eigenvalue weighted by atomic mass is 9.67. The standard InChI is InChI=1S/C34H43Cl2N3O4/c1-5-7-8-28(22-9-11-23(12-10-22)31(42)37-18-15-29(40)41)39-32(43)30(24-19-26(35)21-27(36)20-24)38-34(39)16-13-25(14-17-34)33(3,4)6-2/h9-12,19-21,25,28H,5-8,13-18H2,1-4H3,(H,37,42)(H,40,41)/t25?,28-,34?/m1/s1. The molecule has 4 rings (SSSR count). The van der Waals surface area contributed by atoms with Gasteiger partial charge in [0.15, 0.2) is 0 Å².